The second kappa shape index (κ2) is 6.93. The van der Waals surface area contributed by atoms with E-state index in [1.807, 2.05) is 0 Å². The molecule has 2 atom stereocenters. The van der Waals surface area contributed by atoms with Gasteiger partial charge in [-0.2, -0.15) is 0 Å². The number of aliphatic carboxylic acids is 1. The summed E-state index contributed by atoms with van der Waals surface area (Å²) in [6, 6.07) is -0.950. The van der Waals surface area contributed by atoms with Crippen LogP contribution in [0.5, 0.6) is 0 Å². The summed E-state index contributed by atoms with van der Waals surface area (Å²) in [5.74, 6) is -2.30. The molecule has 0 saturated carbocycles. The second-order valence-electron chi connectivity index (χ2n) is 5.34. The van der Waals surface area contributed by atoms with Gasteiger partial charge >= 0.3 is 5.97 Å². The molecule has 11 nitrogen and oxygen atoms in total. The zero-order valence-corrected chi connectivity index (χ0v) is 14.7. The molecule has 1 aromatic rings. The number of nitrogens with two attached hydrogens (primary N) is 2. The van der Waals surface area contributed by atoms with Crippen LogP contribution in [0, 0.1) is 0 Å². The summed E-state index contributed by atoms with van der Waals surface area (Å²) in [6.07, 6.45) is 0. The van der Waals surface area contributed by atoms with E-state index in [0.717, 1.165) is 16.2 Å². The number of aromatic nitrogens is 1. The maximum atomic E-state index is 12.4. The number of nitrogens with one attached hydrogen (secondary N) is 1. The Kier molecular flexibility index (Phi) is 4.84. The Hall–Kier alpha value is -2.64. The molecular formula is C13H14N6O5S2. The van der Waals surface area contributed by atoms with Gasteiger partial charge in [-0.15, -0.1) is 23.1 Å². The molecule has 1 fully saturated rings. The topological polar surface area (TPSA) is 184 Å². The van der Waals surface area contributed by atoms with Crippen molar-refractivity contribution in [1.82, 2.24) is 15.2 Å². The van der Waals surface area contributed by atoms with Crippen LogP contribution in [0.4, 0.5) is 5.13 Å². The SMILES string of the molecule is NCC1=C(C(=O)O)N2C(=O)[C@@H](NC(=O)/C(=N\O)c3csc(N)n3)[C@H]2SC1. The summed E-state index contributed by atoms with van der Waals surface area (Å²) >= 11 is 2.35. The van der Waals surface area contributed by atoms with E-state index in [1.165, 1.54) is 17.1 Å². The molecule has 13 heteroatoms. The Balaban J connectivity index is 1.77. The fourth-order valence-electron chi connectivity index (χ4n) is 2.66. The third-order valence-corrected chi connectivity index (χ3v) is 5.88. The highest BCUT2D eigenvalue weighted by Gasteiger charge is 2.54. The number of amides is 2. The quantitative estimate of drug-likeness (QED) is 0.172. The van der Waals surface area contributed by atoms with Crippen molar-refractivity contribution in [2.45, 2.75) is 11.4 Å². The first-order valence-corrected chi connectivity index (χ1v) is 9.16. The van der Waals surface area contributed by atoms with Gasteiger partial charge in [-0.05, 0) is 5.57 Å². The van der Waals surface area contributed by atoms with Crippen LogP contribution in [-0.2, 0) is 14.4 Å². The summed E-state index contributed by atoms with van der Waals surface area (Å²) in [6.45, 7) is 0.0225. The van der Waals surface area contributed by atoms with E-state index in [-0.39, 0.29) is 28.8 Å². The fourth-order valence-corrected chi connectivity index (χ4v) is 4.57. The lowest BCUT2D eigenvalue weighted by atomic mass is 10.0. The average Bonchev–Trinajstić information content (AvgIpc) is 3.04. The van der Waals surface area contributed by atoms with Gasteiger partial charge in [0.2, 0.25) is 0 Å². The number of nitrogen functional groups attached to an aromatic ring is 1. The summed E-state index contributed by atoms with van der Waals surface area (Å²) in [5, 5.41) is 24.9. The van der Waals surface area contributed by atoms with E-state index in [0.29, 0.717) is 11.3 Å². The molecule has 138 valence electrons. The van der Waals surface area contributed by atoms with Crippen molar-refractivity contribution in [2.75, 3.05) is 18.0 Å². The first kappa shape index (κ1) is 18.2. The van der Waals surface area contributed by atoms with Crippen LogP contribution in [0.25, 0.3) is 0 Å². The number of carbonyl (C=O) groups excluding carboxylic acids is 2. The van der Waals surface area contributed by atoms with Crippen LogP contribution >= 0.6 is 23.1 Å². The number of thioether (sulfide) groups is 1. The molecule has 2 amide bonds. The number of anilines is 1. The zero-order chi connectivity index (χ0) is 19.0. The highest BCUT2D eigenvalue weighted by atomic mass is 32.2. The van der Waals surface area contributed by atoms with Crippen molar-refractivity contribution < 1.29 is 24.7 Å². The van der Waals surface area contributed by atoms with E-state index in [1.54, 1.807) is 0 Å². The summed E-state index contributed by atoms with van der Waals surface area (Å²) in [5.41, 5.74) is 11.0. The summed E-state index contributed by atoms with van der Waals surface area (Å²) in [4.78, 5) is 41.1. The van der Waals surface area contributed by atoms with Gasteiger partial charge in [-0.1, -0.05) is 5.16 Å². The average molecular weight is 398 g/mol. The van der Waals surface area contributed by atoms with Gasteiger partial charge in [0.05, 0.1) is 0 Å². The van der Waals surface area contributed by atoms with E-state index in [9.17, 15) is 19.5 Å². The Morgan fingerprint density at radius 2 is 2.23 bits per heavy atom. The zero-order valence-electron chi connectivity index (χ0n) is 13.1. The highest BCUT2D eigenvalue weighted by molar-refractivity contribution is 8.00. The minimum atomic E-state index is -1.25. The number of hydrogen-bond acceptors (Lipinski definition) is 10. The number of carbonyl (C=O) groups is 3. The second-order valence-corrected chi connectivity index (χ2v) is 7.34. The number of thiazole rings is 1. The summed E-state index contributed by atoms with van der Waals surface area (Å²) < 4.78 is 0. The molecule has 3 heterocycles. The van der Waals surface area contributed by atoms with Gasteiger partial charge in [0.15, 0.2) is 10.8 Å². The number of oxime groups is 1. The van der Waals surface area contributed by atoms with Crippen molar-refractivity contribution in [1.29, 1.82) is 0 Å². The molecule has 1 saturated heterocycles. The third kappa shape index (κ3) is 2.89. The molecule has 2 aliphatic heterocycles. The van der Waals surface area contributed by atoms with Gasteiger partial charge < -0.3 is 27.1 Å². The van der Waals surface area contributed by atoms with E-state index in [2.05, 4.69) is 15.5 Å². The molecule has 0 unspecified atom stereocenters. The number of nitrogens with zero attached hydrogens (tertiary/aromatic N) is 3. The number of carboxylic acids is 1. The maximum Gasteiger partial charge on any atom is 0.352 e. The van der Waals surface area contributed by atoms with Crippen LogP contribution in [0.1, 0.15) is 5.69 Å². The Morgan fingerprint density at radius 1 is 1.50 bits per heavy atom. The van der Waals surface area contributed by atoms with Crippen molar-refractivity contribution in [3.05, 3.63) is 22.3 Å². The summed E-state index contributed by atoms with van der Waals surface area (Å²) in [7, 11) is 0. The molecular weight excluding hydrogens is 384 g/mol. The molecule has 7 N–H and O–H groups in total. The van der Waals surface area contributed by atoms with Crippen molar-refractivity contribution in [3.8, 4) is 0 Å². The van der Waals surface area contributed by atoms with Crippen LogP contribution in [0.15, 0.2) is 21.8 Å². The smallest absolute Gasteiger partial charge is 0.352 e. The predicted octanol–water partition coefficient (Wildman–Crippen LogP) is -1.40. The number of hydrogen-bond donors (Lipinski definition) is 5. The first-order chi connectivity index (χ1) is 12.4. The lowest BCUT2D eigenvalue weighted by molar-refractivity contribution is -0.150. The Labute approximate surface area is 154 Å². The first-order valence-electron chi connectivity index (χ1n) is 7.23. The number of β-lactam (4-membered cyclic amide) rings is 1. The molecule has 0 radical (unpaired) electrons. The highest BCUT2D eigenvalue weighted by Crippen LogP contribution is 2.40. The van der Waals surface area contributed by atoms with Gasteiger partial charge in [0, 0.05) is 17.7 Å². The number of carboxylic acid groups (broad SMARTS) is 1. The van der Waals surface area contributed by atoms with Crippen LogP contribution in [0.2, 0.25) is 0 Å². The minimum absolute atomic E-state index is 0.0225. The third-order valence-electron chi connectivity index (χ3n) is 3.86. The normalized spacial score (nSPS) is 22.7. The standard InChI is InChI=1S/C13H14N6O5S2/c14-1-4-2-25-11-7(10(21)19(11)8(4)12(22)23)17-9(20)6(18-24)5-3-26-13(15)16-5/h3,7,11,24H,1-2,14H2,(H2,15,16)(H,17,20)(H,22,23)/b18-6-/t7-,11-/m1/s1. The molecule has 26 heavy (non-hydrogen) atoms. The molecule has 3 rings (SSSR count). The molecule has 0 spiro atoms. The lowest BCUT2D eigenvalue weighted by Gasteiger charge is -2.49. The molecule has 0 bridgehead atoms. The van der Waals surface area contributed by atoms with Crippen LogP contribution in [0.3, 0.4) is 0 Å². The van der Waals surface area contributed by atoms with Gasteiger partial charge in [0.25, 0.3) is 11.8 Å². The molecule has 0 aliphatic carbocycles. The lowest BCUT2D eigenvalue weighted by Crippen LogP contribution is -2.71. The minimum Gasteiger partial charge on any atom is -0.477 e. The number of rotatable bonds is 5. The Bertz CT molecular complexity index is 850. The van der Waals surface area contributed by atoms with Crippen molar-refractivity contribution in [3.63, 3.8) is 0 Å². The molecule has 1 aromatic heterocycles. The van der Waals surface area contributed by atoms with E-state index in [4.69, 9.17) is 16.7 Å². The van der Waals surface area contributed by atoms with E-state index < -0.39 is 29.2 Å². The van der Waals surface area contributed by atoms with Gasteiger partial charge in [-0.25, -0.2) is 9.78 Å². The fraction of sp³-hybridized carbons (Fsp3) is 0.308. The van der Waals surface area contributed by atoms with E-state index >= 15 is 0 Å². The number of fused-ring (bicyclic) bond motifs is 1. The van der Waals surface area contributed by atoms with Gasteiger partial charge in [-0.3, -0.25) is 14.5 Å². The maximum absolute atomic E-state index is 12.4. The Morgan fingerprint density at radius 3 is 2.77 bits per heavy atom. The van der Waals surface area contributed by atoms with Crippen molar-refractivity contribution >= 4 is 51.7 Å². The monoisotopic (exact) mass is 398 g/mol. The predicted molar refractivity (Wildman–Crippen MR) is 93.6 cm³/mol. The van der Waals surface area contributed by atoms with Crippen LogP contribution in [-0.4, -0.2) is 67.4 Å². The molecule has 2 aliphatic rings. The van der Waals surface area contributed by atoms with Crippen LogP contribution < -0.4 is 16.8 Å². The van der Waals surface area contributed by atoms with Gasteiger partial charge in [0.1, 0.15) is 22.8 Å². The van der Waals surface area contributed by atoms with Crippen molar-refractivity contribution in [2.24, 2.45) is 10.9 Å². The molecule has 0 aromatic carbocycles. The largest absolute Gasteiger partial charge is 0.477 e.